The minimum absolute atomic E-state index is 0.00714. The molecule has 5 N–H and O–H groups in total. The molecule has 5 aromatic rings. The number of anilines is 2. The van der Waals surface area contributed by atoms with Crippen molar-refractivity contribution in [1.82, 2.24) is 15.0 Å². The van der Waals surface area contributed by atoms with Crippen LogP contribution in [0.4, 0.5) is 11.8 Å². The molecule has 0 saturated carbocycles. The number of furan rings is 1. The van der Waals surface area contributed by atoms with E-state index in [1.165, 1.54) is 21.1 Å². The maximum atomic E-state index is 13.8. The first-order valence-corrected chi connectivity index (χ1v) is 11.5. The highest BCUT2D eigenvalue weighted by molar-refractivity contribution is 6.32. The molecule has 2 aromatic carbocycles. The van der Waals surface area contributed by atoms with Crippen molar-refractivity contribution in [2.75, 3.05) is 25.7 Å². The van der Waals surface area contributed by atoms with E-state index in [0.717, 1.165) is 5.56 Å². The Balaban J connectivity index is 1.71. The number of halogens is 1. The number of ketones is 2. The van der Waals surface area contributed by atoms with Crippen molar-refractivity contribution in [3.63, 3.8) is 0 Å². The van der Waals surface area contributed by atoms with Crippen LogP contribution in [0.25, 0.3) is 21.9 Å². The summed E-state index contributed by atoms with van der Waals surface area (Å²) in [4.78, 5) is 37.3. The molecule has 37 heavy (non-hydrogen) atoms. The lowest BCUT2D eigenvalue weighted by atomic mass is 10.00. The zero-order valence-corrected chi connectivity index (χ0v) is 20.9. The maximum Gasteiger partial charge on any atom is 0.231 e. The number of nitrogens with two attached hydrogens (primary N) is 2. The van der Waals surface area contributed by atoms with Crippen LogP contribution in [0.1, 0.15) is 44.7 Å². The average molecular weight is 520 g/mol. The number of benzene rings is 2. The predicted octanol–water partition coefficient (Wildman–Crippen LogP) is 4.56. The lowest BCUT2D eigenvalue weighted by Crippen LogP contribution is -2.06. The predicted molar refractivity (Wildman–Crippen MR) is 140 cm³/mol. The second-order valence-electron chi connectivity index (χ2n) is 8.39. The molecule has 10 nitrogen and oxygen atoms in total. The molecule has 0 saturated heterocycles. The molecule has 0 radical (unpaired) electrons. The SMILES string of the molecule is COc1cc(Cc2cnc(N)nc2N)c2cc(C(=O)c3c(C(C)=O)[nH]c4ccc(Cl)cc34)oc2c1OC. The second kappa shape index (κ2) is 9.14. The maximum absolute atomic E-state index is 13.8. The fourth-order valence-corrected chi connectivity index (χ4v) is 4.55. The van der Waals surface area contributed by atoms with Crippen molar-refractivity contribution >= 4 is 56.8 Å². The summed E-state index contributed by atoms with van der Waals surface area (Å²) in [6, 6.07) is 8.40. The van der Waals surface area contributed by atoms with Gasteiger partial charge in [0.2, 0.25) is 17.5 Å². The number of hydrogen-bond acceptors (Lipinski definition) is 9. The summed E-state index contributed by atoms with van der Waals surface area (Å²) >= 11 is 6.20. The molecule has 0 aliphatic rings. The van der Waals surface area contributed by atoms with Crippen LogP contribution in [0.15, 0.2) is 40.9 Å². The minimum Gasteiger partial charge on any atom is -0.493 e. The Hall–Kier alpha value is -4.57. The van der Waals surface area contributed by atoms with Gasteiger partial charge in [-0.3, -0.25) is 9.59 Å². The average Bonchev–Trinajstić information content (AvgIpc) is 3.47. The zero-order chi connectivity index (χ0) is 26.4. The van der Waals surface area contributed by atoms with Crippen LogP contribution in [0, 0.1) is 0 Å². The number of aromatic amines is 1. The van der Waals surface area contributed by atoms with E-state index >= 15 is 0 Å². The Morgan fingerprint density at radius 2 is 1.86 bits per heavy atom. The molecule has 0 spiro atoms. The molecule has 0 bridgehead atoms. The van der Waals surface area contributed by atoms with Gasteiger partial charge in [0.1, 0.15) is 5.82 Å². The number of carbonyl (C=O) groups excluding carboxylic acids is 2. The molecule has 3 heterocycles. The number of carbonyl (C=O) groups is 2. The first kappa shape index (κ1) is 24.1. The lowest BCUT2D eigenvalue weighted by Gasteiger charge is -2.12. The van der Waals surface area contributed by atoms with Gasteiger partial charge < -0.3 is 30.3 Å². The van der Waals surface area contributed by atoms with Gasteiger partial charge in [0.05, 0.1) is 25.5 Å². The standard InChI is InChI=1S/C26H22ClN5O5/c1-11(33)21-20(16-8-14(27)4-5-17(16)31-21)22(34)18-9-15-12(6-13-10-30-26(29)32-25(13)28)7-19(35-2)24(36-3)23(15)37-18/h4-5,7-10,31H,6H2,1-3H3,(H4,28,29,30,32). The molecule has 0 atom stereocenters. The molecule has 5 rings (SSSR count). The van der Waals surface area contributed by atoms with E-state index in [0.29, 0.717) is 50.4 Å². The van der Waals surface area contributed by atoms with Gasteiger partial charge >= 0.3 is 0 Å². The van der Waals surface area contributed by atoms with Crippen molar-refractivity contribution in [3.05, 3.63) is 69.7 Å². The molecule has 0 amide bonds. The van der Waals surface area contributed by atoms with E-state index < -0.39 is 5.78 Å². The van der Waals surface area contributed by atoms with Crippen molar-refractivity contribution in [1.29, 1.82) is 0 Å². The number of H-pyrrole nitrogens is 1. The van der Waals surface area contributed by atoms with Gasteiger partial charge in [-0.2, -0.15) is 4.98 Å². The van der Waals surface area contributed by atoms with Crippen LogP contribution < -0.4 is 20.9 Å². The van der Waals surface area contributed by atoms with Crippen molar-refractivity contribution in [2.24, 2.45) is 0 Å². The van der Waals surface area contributed by atoms with Crippen LogP contribution >= 0.6 is 11.6 Å². The number of hydrogen-bond donors (Lipinski definition) is 3. The van der Waals surface area contributed by atoms with Crippen LogP contribution in [-0.4, -0.2) is 40.7 Å². The number of Topliss-reactive ketones (excluding diaryl/α,β-unsaturated/α-hetero) is 1. The van der Waals surface area contributed by atoms with Crippen molar-refractivity contribution in [2.45, 2.75) is 13.3 Å². The molecule has 188 valence electrons. The van der Waals surface area contributed by atoms with Crippen LogP contribution in [0.5, 0.6) is 11.5 Å². The summed E-state index contributed by atoms with van der Waals surface area (Å²) in [5.74, 6) is 0.231. The van der Waals surface area contributed by atoms with Gasteiger partial charge in [0.25, 0.3) is 0 Å². The van der Waals surface area contributed by atoms with Gasteiger partial charge in [-0.05, 0) is 35.9 Å². The van der Waals surface area contributed by atoms with E-state index in [2.05, 4.69) is 15.0 Å². The summed E-state index contributed by atoms with van der Waals surface area (Å²) in [6.07, 6.45) is 1.85. The fourth-order valence-electron chi connectivity index (χ4n) is 4.38. The Morgan fingerprint density at radius 1 is 1.08 bits per heavy atom. The van der Waals surface area contributed by atoms with Crippen molar-refractivity contribution in [3.8, 4) is 11.5 Å². The summed E-state index contributed by atoms with van der Waals surface area (Å²) in [5, 5.41) is 1.54. The Bertz CT molecular complexity index is 1720. The summed E-state index contributed by atoms with van der Waals surface area (Å²) in [6.45, 7) is 1.38. The van der Waals surface area contributed by atoms with E-state index in [4.69, 9.17) is 37.0 Å². The normalized spacial score (nSPS) is 11.2. The largest absolute Gasteiger partial charge is 0.493 e. The number of ether oxygens (including phenoxy) is 2. The Labute approximate surface area is 215 Å². The third-order valence-corrected chi connectivity index (χ3v) is 6.33. The van der Waals surface area contributed by atoms with Crippen LogP contribution in [-0.2, 0) is 6.42 Å². The highest BCUT2D eigenvalue weighted by Crippen LogP contribution is 2.41. The monoisotopic (exact) mass is 519 g/mol. The quantitative estimate of drug-likeness (QED) is 0.262. The Morgan fingerprint density at radius 3 is 2.54 bits per heavy atom. The number of nitrogen functional groups attached to an aromatic ring is 2. The smallest absolute Gasteiger partial charge is 0.231 e. The third-order valence-electron chi connectivity index (χ3n) is 6.10. The summed E-state index contributed by atoms with van der Waals surface area (Å²) in [5.41, 5.74) is 14.3. The van der Waals surface area contributed by atoms with E-state index in [9.17, 15) is 9.59 Å². The third kappa shape index (κ3) is 4.11. The van der Waals surface area contributed by atoms with Gasteiger partial charge in [-0.1, -0.05) is 11.6 Å². The van der Waals surface area contributed by atoms with E-state index in [-0.39, 0.29) is 34.6 Å². The molecule has 0 aliphatic heterocycles. The first-order valence-electron chi connectivity index (χ1n) is 11.1. The topological polar surface area (TPSA) is 159 Å². The summed E-state index contributed by atoms with van der Waals surface area (Å²) in [7, 11) is 2.97. The number of rotatable bonds is 7. The molecule has 11 heteroatoms. The van der Waals surface area contributed by atoms with Gasteiger partial charge in [0.15, 0.2) is 22.9 Å². The van der Waals surface area contributed by atoms with Crippen molar-refractivity contribution < 1.29 is 23.5 Å². The molecule has 3 aromatic heterocycles. The van der Waals surface area contributed by atoms with E-state index in [1.807, 2.05) is 0 Å². The van der Waals surface area contributed by atoms with Crippen LogP contribution in [0.3, 0.4) is 0 Å². The Kier molecular flexibility index (Phi) is 5.96. The lowest BCUT2D eigenvalue weighted by molar-refractivity contribution is 0.0979. The highest BCUT2D eigenvalue weighted by atomic mass is 35.5. The van der Waals surface area contributed by atoms with E-state index in [1.54, 1.807) is 36.5 Å². The number of methoxy groups -OCH3 is 2. The minimum atomic E-state index is -0.489. The van der Waals surface area contributed by atoms with Gasteiger partial charge in [-0.25, -0.2) is 4.98 Å². The molecular formula is C26H22ClN5O5. The molecule has 0 fully saturated rings. The number of fused-ring (bicyclic) bond motifs is 2. The molecule has 0 aliphatic carbocycles. The molecular weight excluding hydrogens is 498 g/mol. The fraction of sp³-hybridized carbons (Fsp3) is 0.154. The summed E-state index contributed by atoms with van der Waals surface area (Å²) < 4.78 is 17.1. The first-order chi connectivity index (χ1) is 17.7. The number of nitrogens with zero attached hydrogens (tertiary/aromatic N) is 2. The number of nitrogens with one attached hydrogen (secondary N) is 1. The highest BCUT2D eigenvalue weighted by Gasteiger charge is 2.27. The van der Waals surface area contributed by atoms with Gasteiger partial charge in [-0.15, -0.1) is 0 Å². The van der Waals surface area contributed by atoms with Crippen LogP contribution in [0.2, 0.25) is 5.02 Å². The second-order valence-corrected chi connectivity index (χ2v) is 8.83. The number of aromatic nitrogens is 3. The zero-order valence-electron chi connectivity index (χ0n) is 20.1. The van der Waals surface area contributed by atoms with Gasteiger partial charge in [0, 0.05) is 46.4 Å². The molecule has 0 unspecified atom stereocenters.